The lowest BCUT2D eigenvalue weighted by Gasteiger charge is -2.05. The van der Waals surface area contributed by atoms with Crippen LogP contribution in [0.2, 0.25) is 0 Å². The van der Waals surface area contributed by atoms with Gasteiger partial charge in [-0.25, -0.2) is 13.6 Å². The molecular formula is C13H12F2N2O3. The molecule has 2 aromatic rings. The Morgan fingerprint density at radius 2 is 2.15 bits per heavy atom. The monoisotopic (exact) mass is 282 g/mol. The minimum Gasteiger partial charge on any atom is -0.403 e. The lowest BCUT2D eigenvalue weighted by Crippen LogP contribution is -2.16. The van der Waals surface area contributed by atoms with Gasteiger partial charge in [-0.2, -0.15) is 4.98 Å². The molecule has 0 spiro atoms. The third kappa shape index (κ3) is 2.48. The van der Waals surface area contributed by atoms with Gasteiger partial charge in [-0.15, -0.1) is 0 Å². The van der Waals surface area contributed by atoms with Crippen LogP contribution in [0, 0.1) is 5.92 Å². The Labute approximate surface area is 111 Å². The number of aryl methyl sites for hydroxylation is 1. The molecular weight excluding hydrogens is 270 g/mol. The number of alkyl halides is 2. The molecule has 7 heteroatoms. The van der Waals surface area contributed by atoms with E-state index >= 15 is 0 Å². The summed E-state index contributed by atoms with van der Waals surface area (Å²) in [4.78, 5) is 28.9. The molecule has 1 saturated carbocycles. The molecule has 0 aromatic carbocycles. The van der Waals surface area contributed by atoms with Gasteiger partial charge in [0.1, 0.15) is 5.39 Å². The Morgan fingerprint density at radius 1 is 1.40 bits per heavy atom. The largest absolute Gasteiger partial charge is 0.403 e. The maximum Gasteiger partial charge on any atom is 0.337 e. The molecule has 0 aliphatic heterocycles. The van der Waals surface area contributed by atoms with Crippen molar-refractivity contribution in [2.24, 2.45) is 5.92 Å². The summed E-state index contributed by atoms with van der Waals surface area (Å²) in [6.07, 6.45) is 0.806. The molecule has 1 aliphatic carbocycles. The van der Waals surface area contributed by atoms with Gasteiger partial charge in [-0.05, 0) is 24.3 Å². The molecule has 0 unspecified atom stereocenters. The average molecular weight is 282 g/mol. The van der Waals surface area contributed by atoms with Crippen molar-refractivity contribution in [2.45, 2.75) is 32.1 Å². The maximum atomic E-state index is 12.6. The van der Waals surface area contributed by atoms with Crippen LogP contribution in [-0.4, -0.2) is 9.97 Å². The fourth-order valence-electron chi connectivity index (χ4n) is 2.23. The summed E-state index contributed by atoms with van der Waals surface area (Å²) in [5, 5.41) is 0.0923. The zero-order chi connectivity index (χ0) is 14.3. The van der Waals surface area contributed by atoms with Crippen LogP contribution in [0.5, 0.6) is 0 Å². The molecule has 5 nitrogen and oxygen atoms in total. The van der Waals surface area contributed by atoms with E-state index in [4.69, 9.17) is 4.42 Å². The molecule has 3 rings (SSSR count). The van der Waals surface area contributed by atoms with Gasteiger partial charge >= 0.3 is 5.63 Å². The van der Waals surface area contributed by atoms with Gasteiger partial charge in [0.05, 0.1) is 0 Å². The van der Waals surface area contributed by atoms with E-state index < -0.39 is 23.4 Å². The summed E-state index contributed by atoms with van der Waals surface area (Å²) < 4.78 is 29.9. The number of fused-ring (bicyclic) bond motifs is 1. The van der Waals surface area contributed by atoms with E-state index in [9.17, 15) is 18.4 Å². The van der Waals surface area contributed by atoms with Gasteiger partial charge in [-0.3, -0.25) is 4.79 Å². The van der Waals surface area contributed by atoms with Gasteiger partial charge in [0.25, 0.3) is 12.0 Å². The molecule has 0 atom stereocenters. The first kappa shape index (κ1) is 13.0. The second kappa shape index (κ2) is 4.81. The highest BCUT2D eigenvalue weighted by molar-refractivity contribution is 5.75. The van der Waals surface area contributed by atoms with Crippen LogP contribution >= 0.6 is 0 Å². The van der Waals surface area contributed by atoms with Crippen LogP contribution < -0.4 is 11.2 Å². The van der Waals surface area contributed by atoms with Gasteiger partial charge < -0.3 is 9.40 Å². The molecule has 106 valence electrons. The van der Waals surface area contributed by atoms with Crippen LogP contribution in [0.15, 0.2) is 20.1 Å². The number of H-pyrrole nitrogens is 1. The van der Waals surface area contributed by atoms with Gasteiger partial charge in [0.15, 0.2) is 5.82 Å². The highest BCUT2D eigenvalue weighted by atomic mass is 19.3. The van der Waals surface area contributed by atoms with Gasteiger partial charge in [0.2, 0.25) is 5.71 Å². The van der Waals surface area contributed by atoms with E-state index in [-0.39, 0.29) is 11.1 Å². The van der Waals surface area contributed by atoms with Crippen LogP contribution in [0.3, 0.4) is 0 Å². The van der Waals surface area contributed by atoms with Crippen LogP contribution in [0.1, 0.15) is 37.1 Å². The Hall–Kier alpha value is -2.05. The molecule has 0 radical (unpaired) electrons. The Kier molecular flexibility index (Phi) is 3.11. The first-order valence-electron chi connectivity index (χ1n) is 6.39. The van der Waals surface area contributed by atoms with E-state index in [1.54, 1.807) is 0 Å². The topological polar surface area (TPSA) is 76.0 Å². The summed E-state index contributed by atoms with van der Waals surface area (Å²) in [6.45, 7) is 0. The fraction of sp³-hybridized carbons (Fsp3) is 0.462. The number of halogens is 2. The number of aromatic nitrogens is 2. The molecule has 2 heterocycles. The predicted octanol–water partition coefficient (Wildman–Crippen LogP) is 2.16. The van der Waals surface area contributed by atoms with Crippen molar-refractivity contribution >= 4 is 11.1 Å². The highest BCUT2D eigenvalue weighted by Crippen LogP contribution is 2.33. The summed E-state index contributed by atoms with van der Waals surface area (Å²) in [6, 6.07) is 1.24. The second-order valence-corrected chi connectivity index (χ2v) is 5.00. The molecule has 1 N–H and O–H groups in total. The Balaban J connectivity index is 2.13. The molecule has 1 fully saturated rings. The van der Waals surface area contributed by atoms with Gasteiger partial charge in [0, 0.05) is 6.07 Å². The number of nitrogens with zero attached hydrogens (tertiary/aromatic N) is 1. The molecule has 2 aromatic heterocycles. The van der Waals surface area contributed by atoms with Gasteiger partial charge in [-0.1, -0.05) is 12.8 Å². The minimum atomic E-state index is -2.92. The molecule has 20 heavy (non-hydrogen) atoms. The lowest BCUT2D eigenvalue weighted by molar-refractivity contribution is 0.140. The zero-order valence-electron chi connectivity index (χ0n) is 10.5. The van der Waals surface area contributed by atoms with E-state index in [0.717, 1.165) is 19.3 Å². The number of nitrogens with one attached hydrogen (secondary N) is 1. The second-order valence-electron chi connectivity index (χ2n) is 5.00. The van der Waals surface area contributed by atoms with Crippen LogP contribution in [0.4, 0.5) is 8.78 Å². The molecule has 0 bridgehead atoms. The summed E-state index contributed by atoms with van der Waals surface area (Å²) in [5.74, 6) is -0.158. The van der Waals surface area contributed by atoms with Crippen molar-refractivity contribution in [1.82, 2.24) is 9.97 Å². The zero-order valence-corrected chi connectivity index (χ0v) is 10.5. The quantitative estimate of drug-likeness (QED) is 0.932. The first-order chi connectivity index (χ1) is 9.54. The van der Waals surface area contributed by atoms with Crippen molar-refractivity contribution in [3.05, 3.63) is 38.2 Å². The summed E-state index contributed by atoms with van der Waals surface area (Å²) in [5.41, 5.74) is -1.18. The molecule has 0 amide bonds. The van der Waals surface area contributed by atoms with E-state index in [2.05, 4.69) is 4.98 Å². The first-order valence-corrected chi connectivity index (χ1v) is 6.39. The van der Waals surface area contributed by atoms with Crippen molar-refractivity contribution in [3.63, 3.8) is 0 Å². The molecule has 0 saturated heterocycles. The van der Waals surface area contributed by atoms with E-state index in [0.29, 0.717) is 17.9 Å². The smallest absolute Gasteiger partial charge is 0.337 e. The Morgan fingerprint density at radius 3 is 2.80 bits per heavy atom. The fourth-order valence-corrected chi connectivity index (χ4v) is 2.23. The Bertz CT molecular complexity index is 762. The maximum absolute atomic E-state index is 12.6. The van der Waals surface area contributed by atoms with E-state index in [1.165, 1.54) is 6.07 Å². The van der Waals surface area contributed by atoms with Crippen LogP contribution in [0.25, 0.3) is 11.1 Å². The summed E-state index contributed by atoms with van der Waals surface area (Å²) in [7, 11) is 0. The SMILES string of the molecule is O=c1cc(CCC2CC2)c2c(=O)[nH]c(C(F)F)nc2o1. The standard InChI is InChI=1S/C13H12F2N2O3/c14-10(15)11-16-12(19)9-7(4-3-6-1-2-6)5-8(18)20-13(9)17-11/h5-6,10H,1-4H2,(H,16,17,19). The normalized spacial score (nSPS) is 15.2. The van der Waals surface area contributed by atoms with Crippen LogP contribution in [-0.2, 0) is 6.42 Å². The third-order valence-corrected chi connectivity index (χ3v) is 3.44. The van der Waals surface area contributed by atoms with Crippen molar-refractivity contribution < 1.29 is 13.2 Å². The van der Waals surface area contributed by atoms with E-state index in [1.807, 2.05) is 4.98 Å². The third-order valence-electron chi connectivity index (χ3n) is 3.44. The predicted molar refractivity (Wildman–Crippen MR) is 66.9 cm³/mol. The number of aromatic amines is 1. The minimum absolute atomic E-state index is 0.0923. The summed E-state index contributed by atoms with van der Waals surface area (Å²) >= 11 is 0. The number of hydrogen-bond acceptors (Lipinski definition) is 4. The van der Waals surface area contributed by atoms with Crippen molar-refractivity contribution in [1.29, 1.82) is 0 Å². The highest BCUT2D eigenvalue weighted by Gasteiger charge is 2.22. The average Bonchev–Trinajstić information content (AvgIpc) is 3.18. The molecule has 1 aliphatic rings. The lowest BCUT2D eigenvalue weighted by atomic mass is 10.1. The van der Waals surface area contributed by atoms with Crippen molar-refractivity contribution in [3.8, 4) is 0 Å². The number of hydrogen-bond donors (Lipinski definition) is 1. The van der Waals surface area contributed by atoms with Crippen molar-refractivity contribution in [2.75, 3.05) is 0 Å². The number of rotatable bonds is 4.